The molecule has 1 unspecified atom stereocenters. The molecule has 1 aliphatic rings. The van der Waals surface area contributed by atoms with E-state index < -0.39 is 23.7 Å². The number of carbonyl (C=O) groups is 1. The zero-order valence-corrected chi connectivity index (χ0v) is 14.1. The summed E-state index contributed by atoms with van der Waals surface area (Å²) >= 11 is 0. The number of carbonyl (C=O) groups excluding carboxylic acids is 1. The highest BCUT2D eigenvalue weighted by Crippen LogP contribution is 2.28. The summed E-state index contributed by atoms with van der Waals surface area (Å²) in [5, 5.41) is 3.47. The van der Waals surface area contributed by atoms with Gasteiger partial charge in [0, 0.05) is 26.6 Å². The number of aromatic nitrogens is 3. The Morgan fingerprint density at radius 2 is 1.92 bits per heavy atom. The third-order valence-electron chi connectivity index (χ3n) is 4.64. The lowest BCUT2D eigenvalue weighted by molar-refractivity contribution is -0.147. The van der Waals surface area contributed by atoms with Crippen molar-refractivity contribution in [1.82, 2.24) is 19.2 Å². The largest absolute Gasteiger partial charge is 0.451 e. The summed E-state index contributed by atoms with van der Waals surface area (Å²) < 4.78 is 40.0. The number of piperidine rings is 1. The summed E-state index contributed by atoms with van der Waals surface area (Å²) in [6, 6.07) is -0.410. The van der Waals surface area contributed by atoms with Crippen LogP contribution in [0.25, 0.3) is 0 Å². The number of nitrogens with zero attached hydrogens (tertiary/aromatic N) is 4. The van der Waals surface area contributed by atoms with Crippen molar-refractivity contribution < 1.29 is 18.0 Å². The number of hydrogen-bond donors (Lipinski definition) is 0. The fourth-order valence-corrected chi connectivity index (χ4v) is 2.87. The topological polar surface area (TPSA) is 60.1 Å². The minimum atomic E-state index is -4.66. The van der Waals surface area contributed by atoms with Crippen LogP contribution < -0.4 is 5.69 Å². The number of likely N-dealkylation sites (tertiary alicyclic amines) is 1. The first-order valence-corrected chi connectivity index (χ1v) is 8.15. The number of rotatable bonds is 4. The average Bonchev–Trinajstić information content (AvgIpc) is 2.83. The Morgan fingerprint density at radius 1 is 1.33 bits per heavy atom. The predicted octanol–water partition coefficient (Wildman–Crippen LogP) is 2.20. The van der Waals surface area contributed by atoms with Crippen LogP contribution in [0.5, 0.6) is 0 Å². The van der Waals surface area contributed by atoms with Crippen LogP contribution in [-0.4, -0.2) is 38.2 Å². The van der Waals surface area contributed by atoms with E-state index in [-0.39, 0.29) is 5.91 Å². The maximum atomic E-state index is 12.8. The quantitative estimate of drug-likeness (QED) is 0.838. The van der Waals surface area contributed by atoms with Crippen LogP contribution in [0, 0.1) is 5.92 Å². The van der Waals surface area contributed by atoms with Crippen LogP contribution in [-0.2, 0) is 18.0 Å². The number of halogens is 3. The van der Waals surface area contributed by atoms with E-state index in [2.05, 4.69) is 5.10 Å². The van der Waals surface area contributed by atoms with Crippen molar-refractivity contribution in [1.29, 1.82) is 0 Å². The Morgan fingerprint density at radius 3 is 2.38 bits per heavy atom. The molecule has 1 aromatic heterocycles. The predicted molar refractivity (Wildman–Crippen MR) is 81.4 cm³/mol. The molecule has 1 aromatic rings. The third-order valence-corrected chi connectivity index (χ3v) is 4.64. The van der Waals surface area contributed by atoms with Gasteiger partial charge in [0.15, 0.2) is 0 Å². The molecule has 1 atom stereocenters. The summed E-state index contributed by atoms with van der Waals surface area (Å²) in [6.45, 7) is 4.90. The molecule has 0 aliphatic carbocycles. The van der Waals surface area contributed by atoms with E-state index >= 15 is 0 Å². The molecule has 2 rings (SSSR count). The first-order chi connectivity index (χ1) is 11.1. The van der Waals surface area contributed by atoms with Crippen LogP contribution in [0.1, 0.15) is 51.4 Å². The van der Waals surface area contributed by atoms with E-state index in [0.29, 0.717) is 42.8 Å². The molecular formula is C15H23F3N4O2. The summed E-state index contributed by atoms with van der Waals surface area (Å²) in [4.78, 5) is 25.9. The second-order valence-electron chi connectivity index (χ2n) is 6.44. The lowest BCUT2D eigenvalue weighted by Crippen LogP contribution is -2.41. The molecule has 0 saturated carbocycles. The van der Waals surface area contributed by atoms with Crippen molar-refractivity contribution >= 4 is 5.91 Å². The summed E-state index contributed by atoms with van der Waals surface area (Å²) in [7, 11) is 1.07. The van der Waals surface area contributed by atoms with Crippen LogP contribution in [0.2, 0.25) is 0 Å². The zero-order chi connectivity index (χ0) is 18.1. The minimum Gasteiger partial charge on any atom is -0.343 e. The van der Waals surface area contributed by atoms with Gasteiger partial charge in [-0.2, -0.15) is 13.2 Å². The molecule has 0 radical (unpaired) electrons. The van der Waals surface area contributed by atoms with Crippen molar-refractivity contribution in [3.8, 4) is 0 Å². The lowest BCUT2D eigenvalue weighted by atomic mass is 10.0. The molecule has 1 fully saturated rings. The first-order valence-electron chi connectivity index (χ1n) is 8.15. The molecule has 1 amide bonds. The van der Waals surface area contributed by atoms with Gasteiger partial charge in [-0.1, -0.05) is 20.3 Å². The Balaban J connectivity index is 2.05. The molecule has 2 heterocycles. The maximum Gasteiger partial charge on any atom is 0.451 e. The van der Waals surface area contributed by atoms with Gasteiger partial charge in [-0.25, -0.2) is 9.48 Å². The Labute approximate surface area is 138 Å². The highest BCUT2D eigenvalue weighted by Gasteiger charge is 2.39. The van der Waals surface area contributed by atoms with Gasteiger partial charge < -0.3 is 4.90 Å². The minimum absolute atomic E-state index is 0.0622. The van der Waals surface area contributed by atoms with E-state index in [1.54, 1.807) is 4.90 Å². The van der Waals surface area contributed by atoms with E-state index in [9.17, 15) is 22.8 Å². The fraction of sp³-hybridized carbons (Fsp3) is 0.800. The smallest absolute Gasteiger partial charge is 0.343 e. The van der Waals surface area contributed by atoms with Gasteiger partial charge in [0.1, 0.15) is 0 Å². The molecule has 9 heteroatoms. The molecule has 24 heavy (non-hydrogen) atoms. The summed E-state index contributed by atoms with van der Waals surface area (Å²) in [5.74, 6) is -0.821. The standard InChI is InChI=1S/C15H23F3N4O2/c1-4-10(2)9-12(23)21-7-5-11(6-8-21)22-14(24)20(3)13(19-22)15(16,17)18/h10-11H,4-9H2,1-3H3. The third kappa shape index (κ3) is 3.81. The molecule has 0 spiro atoms. The maximum absolute atomic E-state index is 12.8. The summed E-state index contributed by atoms with van der Waals surface area (Å²) in [6.07, 6.45) is -2.40. The Bertz CT molecular complexity index is 642. The molecule has 6 nitrogen and oxygen atoms in total. The highest BCUT2D eigenvalue weighted by atomic mass is 19.4. The van der Waals surface area contributed by atoms with E-state index in [1.165, 1.54) is 0 Å². The normalized spacial score (nSPS) is 18.0. The molecular weight excluding hydrogens is 325 g/mol. The fourth-order valence-electron chi connectivity index (χ4n) is 2.87. The van der Waals surface area contributed by atoms with Gasteiger partial charge in [0.05, 0.1) is 6.04 Å². The van der Waals surface area contributed by atoms with Crippen molar-refractivity contribution in [2.75, 3.05) is 13.1 Å². The zero-order valence-electron chi connectivity index (χ0n) is 14.1. The molecule has 0 aromatic carbocycles. The van der Waals surface area contributed by atoms with Crippen molar-refractivity contribution in [3.05, 3.63) is 16.3 Å². The monoisotopic (exact) mass is 348 g/mol. The van der Waals surface area contributed by atoms with E-state index in [1.807, 2.05) is 13.8 Å². The second-order valence-corrected chi connectivity index (χ2v) is 6.44. The lowest BCUT2D eigenvalue weighted by Gasteiger charge is -2.32. The van der Waals surface area contributed by atoms with Crippen LogP contribution in [0.4, 0.5) is 13.2 Å². The van der Waals surface area contributed by atoms with Crippen LogP contribution >= 0.6 is 0 Å². The van der Waals surface area contributed by atoms with E-state index in [0.717, 1.165) is 18.2 Å². The van der Waals surface area contributed by atoms with E-state index in [4.69, 9.17) is 0 Å². The average molecular weight is 348 g/mol. The molecule has 0 N–H and O–H groups in total. The van der Waals surface area contributed by atoms with Gasteiger partial charge >= 0.3 is 11.9 Å². The van der Waals surface area contributed by atoms with Crippen molar-refractivity contribution in [2.24, 2.45) is 13.0 Å². The number of hydrogen-bond acceptors (Lipinski definition) is 3. The van der Waals surface area contributed by atoms with Gasteiger partial charge in [0.2, 0.25) is 11.7 Å². The van der Waals surface area contributed by atoms with Crippen molar-refractivity contribution in [2.45, 2.75) is 51.7 Å². The van der Waals surface area contributed by atoms with Crippen molar-refractivity contribution in [3.63, 3.8) is 0 Å². The Hall–Kier alpha value is -1.80. The highest BCUT2D eigenvalue weighted by molar-refractivity contribution is 5.76. The van der Waals surface area contributed by atoms with Crippen LogP contribution in [0.3, 0.4) is 0 Å². The molecule has 136 valence electrons. The van der Waals surface area contributed by atoms with Gasteiger partial charge in [0.25, 0.3) is 0 Å². The number of alkyl halides is 3. The number of amides is 1. The molecule has 0 bridgehead atoms. The van der Waals surface area contributed by atoms with Gasteiger partial charge in [-0.3, -0.25) is 9.36 Å². The molecule has 1 saturated heterocycles. The summed E-state index contributed by atoms with van der Waals surface area (Å²) in [5.41, 5.74) is -0.772. The Kier molecular flexibility index (Phi) is 5.39. The molecule has 1 aliphatic heterocycles. The van der Waals surface area contributed by atoms with Crippen LogP contribution in [0.15, 0.2) is 4.79 Å². The first kappa shape index (κ1) is 18.5. The SMILES string of the molecule is CCC(C)CC(=O)N1CCC(n2nc(C(F)(F)F)n(C)c2=O)CC1. The second kappa shape index (κ2) is 6.98. The van der Waals surface area contributed by atoms with Gasteiger partial charge in [-0.15, -0.1) is 5.10 Å². The van der Waals surface area contributed by atoms with Gasteiger partial charge in [-0.05, 0) is 18.8 Å².